The number of allylic oxidation sites excluding steroid dienone is 2. The van der Waals surface area contributed by atoms with E-state index in [4.69, 9.17) is 0 Å². The lowest BCUT2D eigenvalue weighted by Crippen LogP contribution is -1.79. The highest BCUT2D eigenvalue weighted by molar-refractivity contribution is 4.82. The molecular weight excluding hydrogens is 79.1 g/mol. The largest absolute Gasteiger partial charge is 0.243 e. The summed E-state index contributed by atoms with van der Waals surface area (Å²) in [7, 11) is 0. The van der Waals surface area contributed by atoms with Crippen LogP contribution in [0.5, 0.6) is 0 Å². The Bertz CT molecular complexity index is 45.9. The van der Waals surface area contributed by atoms with Crippen LogP contribution in [0.2, 0.25) is 0 Å². The van der Waals surface area contributed by atoms with Gasteiger partial charge in [-0.2, -0.15) is 0 Å². The minimum Gasteiger partial charge on any atom is -0.243 e. The maximum absolute atomic E-state index is 11.6. The second-order valence-corrected chi connectivity index (χ2v) is 1.20. The predicted molar refractivity (Wildman–Crippen MR) is 25.4 cm³/mol. The number of hydrogen-bond donors (Lipinski definition) is 0. The number of alkyl halides is 1. The summed E-state index contributed by atoms with van der Waals surface area (Å²) in [6.45, 7) is 3.30. The van der Waals surface area contributed by atoms with Gasteiger partial charge in [0.25, 0.3) is 0 Å². The lowest BCUT2D eigenvalue weighted by Gasteiger charge is -1.82. The molecule has 0 amide bonds. The van der Waals surface area contributed by atoms with Crippen molar-refractivity contribution in [1.82, 2.24) is 0 Å². The fourth-order valence-electron chi connectivity index (χ4n) is 0.265. The molecule has 0 saturated carbocycles. The van der Waals surface area contributed by atoms with Crippen LogP contribution in [0.3, 0.4) is 0 Å². The first-order valence-electron chi connectivity index (χ1n) is 2.04. The first-order chi connectivity index (χ1) is 2.77. The molecule has 1 unspecified atom stereocenters. The molecule has 0 aliphatic carbocycles. The Kier molecular flexibility index (Phi) is 2.73. The molecule has 36 valence electrons. The maximum Gasteiger partial charge on any atom is 0.115 e. The van der Waals surface area contributed by atoms with E-state index in [1.165, 1.54) is 13.0 Å². The highest BCUT2D eigenvalue weighted by Gasteiger charge is 1.81. The summed E-state index contributed by atoms with van der Waals surface area (Å²) in [5.41, 5.74) is 0. The van der Waals surface area contributed by atoms with Gasteiger partial charge < -0.3 is 0 Å². The number of hydrogen-bond acceptors (Lipinski definition) is 0. The average molecular weight is 88.1 g/mol. The van der Waals surface area contributed by atoms with Gasteiger partial charge in [-0.3, -0.25) is 0 Å². The Balaban J connectivity index is 3.03. The maximum atomic E-state index is 11.6. The predicted octanol–water partition coefficient (Wildman–Crippen LogP) is 1.92. The summed E-state index contributed by atoms with van der Waals surface area (Å²) < 4.78 is 11.6. The van der Waals surface area contributed by atoms with E-state index in [-0.39, 0.29) is 0 Å². The molecule has 0 nitrogen and oxygen atoms in total. The molecule has 1 heteroatoms. The Labute approximate surface area is 37.7 Å². The van der Waals surface area contributed by atoms with Crippen molar-refractivity contribution in [3.05, 3.63) is 12.2 Å². The smallest absolute Gasteiger partial charge is 0.115 e. The van der Waals surface area contributed by atoms with Crippen molar-refractivity contribution < 1.29 is 4.39 Å². The van der Waals surface area contributed by atoms with Gasteiger partial charge in [-0.15, -0.1) is 0 Å². The molecule has 0 aromatic carbocycles. The first-order valence-corrected chi connectivity index (χ1v) is 2.04. The summed E-state index contributed by atoms with van der Waals surface area (Å²) in [5.74, 6) is 0. The SMILES string of the molecule is CC=CC(C)F. The number of halogens is 1. The van der Waals surface area contributed by atoms with E-state index in [1.54, 1.807) is 13.0 Å². The molecule has 0 aliphatic rings. The normalized spacial score (nSPS) is 15.8. The quantitative estimate of drug-likeness (QED) is 0.429. The molecule has 0 fully saturated rings. The summed E-state index contributed by atoms with van der Waals surface area (Å²) >= 11 is 0. The van der Waals surface area contributed by atoms with Gasteiger partial charge in [0.15, 0.2) is 0 Å². The van der Waals surface area contributed by atoms with E-state index in [9.17, 15) is 4.39 Å². The minimum absolute atomic E-state index is 0.782. The molecule has 0 rings (SSSR count). The van der Waals surface area contributed by atoms with Crippen LogP contribution in [-0.4, -0.2) is 6.17 Å². The summed E-state index contributed by atoms with van der Waals surface area (Å²) in [6, 6.07) is 0. The molecule has 0 aliphatic heterocycles. The molecule has 0 aromatic heterocycles. The molecule has 0 saturated heterocycles. The van der Waals surface area contributed by atoms with Crippen molar-refractivity contribution in [2.75, 3.05) is 0 Å². The average Bonchev–Trinajstić information content (AvgIpc) is 1.35. The minimum atomic E-state index is -0.782. The monoisotopic (exact) mass is 88.1 g/mol. The van der Waals surface area contributed by atoms with E-state index in [0.29, 0.717) is 0 Å². The second kappa shape index (κ2) is 2.88. The standard InChI is InChI=1S/C5H9F/c1-3-4-5(2)6/h3-5H,1-2H3. The summed E-state index contributed by atoms with van der Waals surface area (Å²) in [4.78, 5) is 0. The molecule has 0 aromatic rings. The highest BCUT2D eigenvalue weighted by Crippen LogP contribution is 1.86. The van der Waals surface area contributed by atoms with Crippen LogP contribution in [0.1, 0.15) is 13.8 Å². The van der Waals surface area contributed by atoms with Crippen molar-refractivity contribution in [3.8, 4) is 0 Å². The first kappa shape index (κ1) is 5.67. The zero-order chi connectivity index (χ0) is 4.99. The highest BCUT2D eigenvalue weighted by atomic mass is 19.1. The van der Waals surface area contributed by atoms with Crippen molar-refractivity contribution in [2.45, 2.75) is 20.0 Å². The van der Waals surface area contributed by atoms with Crippen molar-refractivity contribution in [2.24, 2.45) is 0 Å². The molecule has 1 atom stereocenters. The van der Waals surface area contributed by atoms with Crippen molar-refractivity contribution in [3.63, 3.8) is 0 Å². The van der Waals surface area contributed by atoms with Gasteiger partial charge >= 0.3 is 0 Å². The molecule has 0 radical (unpaired) electrons. The number of rotatable bonds is 1. The Hall–Kier alpha value is -0.330. The zero-order valence-corrected chi connectivity index (χ0v) is 4.11. The Morgan fingerprint density at radius 3 is 2.17 bits per heavy atom. The van der Waals surface area contributed by atoms with Crippen LogP contribution in [0, 0.1) is 0 Å². The van der Waals surface area contributed by atoms with Crippen molar-refractivity contribution >= 4 is 0 Å². The van der Waals surface area contributed by atoms with Gasteiger partial charge in [0.05, 0.1) is 0 Å². The van der Waals surface area contributed by atoms with Crippen LogP contribution in [0.25, 0.3) is 0 Å². The third-order valence-corrected chi connectivity index (χ3v) is 0.458. The lowest BCUT2D eigenvalue weighted by atomic mass is 10.4. The molecule has 6 heavy (non-hydrogen) atoms. The molecule has 0 bridgehead atoms. The van der Waals surface area contributed by atoms with E-state index < -0.39 is 6.17 Å². The molecule has 0 N–H and O–H groups in total. The van der Waals surface area contributed by atoms with Crippen LogP contribution in [-0.2, 0) is 0 Å². The van der Waals surface area contributed by atoms with Gasteiger partial charge in [0.1, 0.15) is 6.17 Å². The van der Waals surface area contributed by atoms with Crippen LogP contribution < -0.4 is 0 Å². The van der Waals surface area contributed by atoms with Crippen LogP contribution in [0.15, 0.2) is 12.2 Å². The molecule has 0 heterocycles. The Morgan fingerprint density at radius 1 is 1.67 bits per heavy atom. The third kappa shape index (κ3) is 3.67. The molecule has 0 spiro atoms. The third-order valence-electron chi connectivity index (χ3n) is 0.458. The summed E-state index contributed by atoms with van der Waals surface area (Å²) in [5, 5.41) is 0. The van der Waals surface area contributed by atoms with E-state index in [0.717, 1.165) is 0 Å². The second-order valence-electron chi connectivity index (χ2n) is 1.20. The molecular formula is C5H9F. The Morgan fingerprint density at radius 2 is 2.17 bits per heavy atom. The van der Waals surface area contributed by atoms with Gasteiger partial charge in [0, 0.05) is 0 Å². The fourth-order valence-corrected chi connectivity index (χ4v) is 0.265. The van der Waals surface area contributed by atoms with Crippen LogP contribution >= 0.6 is 0 Å². The van der Waals surface area contributed by atoms with E-state index in [2.05, 4.69) is 0 Å². The zero-order valence-electron chi connectivity index (χ0n) is 4.11. The van der Waals surface area contributed by atoms with Gasteiger partial charge in [-0.1, -0.05) is 12.2 Å². The van der Waals surface area contributed by atoms with Gasteiger partial charge in [0.2, 0.25) is 0 Å². The van der Waals surface area contributed by atoms with E-state index >= 15 is 0 Å². The fraction of sp³-hybridized carbons (Fsp3) is 0.600. The summed E-state index contributed by atoms with van der Waals surface area (Å²) in [6.07, 6.45) is 2.42. The van der Waals surface area contributed by atoms with Crippen molar-refractivity contribution in [1.29, 1.82) is 0 Å². The topological polar surface area (TPSA) is 0 Å². The van der Waals surface area contributed by atoms with Gasteiger partial charge in [-0.25, -0.2) is 4.39 Å². The lowest BCUT2D eigenvalue weighted by molar-refractivity contribution is 0.430. The van der Waals surface area contributed by atoms with Crippen LogP contribution in [0.4, 0.5) is 4.39 Å². The van der Waals surface area contributed by atoms with Gasteiger partial charge in [-0.05, 0) is 13.8 Å². The van der Waals surface area contributed by atoms with E-state index in [1.807, 2.05) is 0 Å².